The third kappa shape index (κ3) is 4.18. The summed E-state index contributed by atoms with van der Waals surface area (Å²) in [6.45, 7) is 6.76. The molecular formula is C23H28N4O2. The fourth-order valence-corrected chi connectivity index (χ4v) is 4.19. The first-order valence-electron chi connectivity index (χ1n) is 10.1. The summed E-state index contributed by atoms with van der Waals surface area (Å²) < 4.78 is 1.79. The van der Waals surface area contributed by atoms with Gasteiger partial charge in [-0.1, -0.05) is 24.3 Å². The maximum absolute atomic E-state index is 11.6. The number of carbonyl (C=O) groups is 1. The number of piperidine rings is 1. The van der Waals surface area contributed by atoms with Crippen molar-refractivity contribution in [2.24, 2.45) is 11.7 Å². The lowest BCUT2D eigenvalue weighted by atomic mass is 9.83. The van der Waals surface area contributed by atoms with Crippen LogP contribution in [0, 0.1) is 5.92 Å². The highest BCUT2D eigenvalue weighted by Crippen LogP contribution is 2.28. The van der Waals surface area contributed by atoms with Crippen molar-refractivity contribution in [2.75, 3.05) is 13.1 Å². The van der Waals surface area contributed by atoms with Crippen LogP contribution in [-0.2, 0) is 6.54 Å². The van der Waals surface area contributed by atoms with E-state index in [1.165, 1.54) is 5.56 Å². The van der Waals surface area contributed by atoms with Crippen LogP contribution in [-0.4, -0.2) is 44.4 Å². The molecule has 152 valence electrons. The number of amides is 1. The number of fused-ring (bicyclic) bond motifs is 1. The van der Waals surface area contributed by atoms with E-state index >= 15 is 0 Å². The molecule has 6 nitrogen and oxygen atoms in total. The maximum Gasteiger partial charge on any atom is 0.250 e. The highest BCUT2D eigenvalue weighted by molar-refractivity contribution is 6.04. The molecule has 1 aliphatic rings. The molecule has 3 aromatic rings. The number of hydrogen-bond donors (Lipinski definition) is 2. The fraction of sp³-hybridized carbons (Fsp3) is 0.391. The molecular weight excluding hydrogens is 364 g/mol. The minimum absolute atomic E-state index is 0.375. The van der Waals surface area contributed by atoms with Gasteiger partial charge in [-0.3, -0.25) is 9.69 Å². The summed E-state index contributed by atoms with van der Waals surface area (Å²) in [6, 6.07) is 13.8. The van der Waals surface area contributed by atoms with Crippen LogP contribution in [0.15, 0.2) is 48.7 Å². The third-order valence-electron chi connectivity index (χ3n) is 6.00. The van der Waals surface area contributed by atoms with E-state index in [1.54, 1.807) is 10.7 Å². The van der Waals surface area contributed by atoms with Gasteiger partial charge in [-0.05, 0) is 69.5 Å². The molecule has 0 spiro atoms. The second-order valence-electron chi connectivity index (χ2n) is 8.55. The third-order valence-corrected chi connectivity index (χ3v) is 6.00. The zero-order valence-electron chi connectivity index (χ0n) is 17.0. The van der Waals surface area contributed by atoms with Crippen molar-refractivity contribution < 1.29 is 9.90 Å². The van der Waals surface area contributed by atoms with Crippen LogP contribution in [0.1, 0.15) is 42.6 Å². The maximum atomic E-state index is 11.6. The van der Waals surface area contributed by atoms with Crippen molar-refractivity contribution in [3.63, 3.8) is 0 Å². The summed E-state index contributed by atoms with van der Waals surface area (Å²) in [7, 11) is 0. The molecule has 29 heavy (non-hydrogen) atoms. The number of nitrogens with two attached hydrogens (primary N) is 1. The molecule has 4 rings (SSSR count). The van der Waals surface area contributed by atoms with Gasteiger partial charge in [0, 0.05) is 18.1 Å². The Morgan fingerprint density at radius 1 is 1.17 bits per heavy atom. The number of likely N-dealkylation sites (tertiary alicyclic amines) is 1. The molecule has 1 saturated heterocycles. The average Bonchev–Trinajstić information content (AvgIpc) is 3.12. The van der Waals surface area contributed by atoms with Crippen molar-refractivity contribution in [1.82, 2.24) is 14.7 Å². The van der Waals surface area contributed by atoms with E-state index in [0.29, 0.717) is 17.0 Å². The first-order chi connectivity index (χ1) is 13.8. The Hall–Kier alpha value is -2.70. The SMILES string of the molecule is CC(C)(O)C1CCN(Cc2ccc(-n3cc4cccc(C(N)=O)c4n3)cc2)CC1. The monoisotopic (exact) mass is 392 g/mol. The van der Waals surface area contributed by atoms with Gasteiger partial charge in [0.15, 0.2) is 0 Å². The summed E-state index contributed by atoms with van der Waals surface area (Å²) in [6.07, 6.45) is 3.98. The molecule has 6 heteroatoms. The van der Waals surface area contributed by atoms with E-state index in [-0.39, 0.29) is 0 Å². The molecule has 2 heterocycles. The Labute approximate surface area is 170 Å². The number of nitrogens with zero attached hydrogens (tertiary/aromatic N) is 3. The Balaban J connectivity index is 1.46. The predicted octanol–water partition coefficient (Wildman–Crippen LogP) is 3.11. The topological polar surface area (TPSA) is 84.4 Å². The number of aromatic nitrogens is 2. The van der Waals surface area contributed by atoms with Crippen LogP contribution < -0.4 is 5.73 Å². The van der Waals surface area contributed by atoms with Crippen molar-refractivity contribution >= 4 is 16.8 Å². The first kappa shape index (κ1) is 19.6. The molecule has 1 fully saturated rings. The zero-order valence-corrected chi connectivity index (χ0v) is 17.0. The second-order valence-corrected chi connectivity index (χ2v) is 8.55. The second kappa shape index (κ2) is 7.61. The molecule has 0 bridgehead atoms. The quantitative estimate of drug-likeness (QED) is 0.699. The fourth-order valence-electron chi connectivity index (χ4n) is 4.19. The minimum Gasteiger partial charge on any atom is -0.390 e. The Morgan fingerprint density at radius 2 is 1.86 bits per heavy atom. The number of primary amides is 1. The van der Waals surface area contributed by atoms with Crippen LogP contribution in [0.25, 0.3) is 16.6 Å². The van der Waals surface area contributed by atoms with E-state index in [4.69, 9.17) is 5.73 Å². The summed E-state index contributed by atoms with van der Waals surface area (Å²) in [5.74, 6) is -0.0927. The molecule has 2 aromatic carbocycles. The standard InChI is InChI=1S/C23H28N4O2/c1-23(2,29)18-10-12-26(13-11-18)14-16-6-8-19(9-7-16)27-15-17-4-3-5-20(22(24)28)21(17)25-27/h3-9,15,18,29H,10-14H2,1-2H3,(H2,24,28). The molecule has 0 radical (unpaired) electrons. The smallest absolute Gasteiger partial charge is 0.250 e. The summed E-state index contributed by atoms with van der Waals surface area (Å²) >= 11 is 0. The lowest BCUT2D eigenvalue weighted by Crippen LogP contribution is -2.41. The predicted molar refractivity (Wildman–Crippen MR) is 114 cm³/mol. The molecule has 3 N–H and O–H groups in total. The number of carbonyl (C=O) groups excluding carboxylic acids is 1. The zero-order chi connectivity index (χ0) is 20.6. The van der Waals surface area contributed by atoms with Gasteiger partial charge >= 0.3 is 0 Å². The Kier molecular flexibility index (Phi) is 5.15. The van der Waals surface area contributed by atoms with Gasteiger partial charge in [0.1, 0.15) is 5.52 Å². The van der Waals surface area contributed by atoms with Gasteiger partial charge in [0.05, 0.1) is 16.9 Å². The van der Waals surface area contributed by atoms with Crippen molar-refractivity contribution in [2.45, 2.75) is 38.8 Å². The van der Waals surface area contributed by atoms with Gasteiger partial charge in [0.2, 0.25) is 0 Å². The van der Waals surface area contributed by atoms with Gasteiger partial charge in [-0.25, -0.2) is 4.68 Å². The highest BCUT2D eigenvalue weighted by atomic mass is 16.3. The van der Waals surface area contributed by atoms with Crippen molar-refractivity contribution in [1.29, 1.82) is 0 Å². The Morgan fingerprint density at radius 3 is 2.48 bits per heavy atom. The number of benzene rings is 2. The average molecular weight is 393 g/mol. The Bertz CT molecular complexity index is 1010. The van der Waals surface area contributed by atoms with Gasteiger partial charge in [-0.15, -0.1) is 0 Å². The van der Waals surface area contributed by atoms with Crippen LogP contribution in [0.4, 0.5) is 0 Å². The lowest BCUT2D eigenvalue weighted by molar-refractivity contribution is -0.0136. The van der Waals surface area contributed by atoms with Gasteiger partial charge < -0.3 is 10.8 Å². The number of hydrogen-bond acceptors (Lipinski definition) is 4. The lowest BCUT2D eigenvalue weighted by Gasteiger charge is -2.37. The summed E-state index contributed by atoms with van der Waals surface area (Å²) in [5.41, 5.74) is 8.14. The van der Waals surface area contributed by atoms with Gasteiger partial charge in [-0.2, -0.15) is 5.10 Å². The number of rotatable bonds is 5. The molecule has 1 amide bonds. The van der Waals surface area contributed by atoms with Crippen molar-refractivity contribution in [3.05, 3.63) is 59.8 Å². The molecule has 0 aliphatic carbocycles. The summed E-state index contributed by atoms with van der Waals surface area (Å²) in [4.78, 5) is 14.1. The molecule has 1 aromatic heterocycles. The highest BCUT2D eigenvalue weighted by Gasteiger charge is 2.30. The normalized spacial score (nSPS) is 16.4. The largest absolute Gasteiger partial charge is 0.390 e. The molecule has 0 atom stereocenters. The minimum atomic E-state index is -0.588. The van der Waals surface area contributed by atoms with E-state index < -0.39 is 11.5 Å². The molecule has 1 aliphatic heterocycles. The summed E-state index contributed by atoms with van der Waals surface area (Å²) in [5, 5.41) is 15.7. The van der Waals surface area contributed by atoms with Crippen LogP contribution in [0.5, 0.6) is 0 Å². The van der Waals surface area contributed by atoms with Crippen LogP contribution >= 0.6 is 0 Å². The van der Waals surface area contributed by atoms with Crippen LogP contribution in [0.3, 0.4) is 0 Å². The molecule has 0 saturated carbocycles. The first-order valence-corrected chi connectivity index (χ1v) is 10.1. The number of aliphatic hydroxyl groups is 1. The molecule has 0 unspecified atom stereocenters. The van der Waals surface area contributed by atoms with E-state index in [9.17, 15) is 9.90 Å². The van der Waals surface area contributed by atoms with Gasteiger partial charge in [0.25, 0.3) is 5.91 Å². The van der Waals surface area contributed by atoms with E-state index in [0.717, 1.165) is 43.5 Å². The van der Waals surface area contributed by atoms with E-state index in [1.807, 2.05) is 32.2 Å². The van der Waals surface area contributed by atoms with Crippen molar-refractivity contribution in [3.8, 4) is 5.69 Å². The van der Waals surface area contributed by atoms with Crippen LogP contribution in [0.2, 0.25) is 0 Å². The van der Waals surface area contributed by atoms with E-state index in [2.05, 4.69) is 34.3 Å².